The van der Waals surface area contributed by atoms with E-state index >= 15 is 0 Å². The van der Waals surface area contributed by atoms with Crippen molar-refractivity contribution >= 4 is 60.9 Å². The van der Waals surface area contributed by atoms with Gasteiger partial charge in [0.05, 0.1) is 17.4 Å². The molecular weight excluding hydrogens is 486 g/mol. The number of fused-ring (bicyclic) bond motifs is 1. The summed E-state index contributed by atoms with van der Waals surface area (Å²) in [4.78, 5) is 22.4. The fourth-order valence-corrected chi connectivity index (χ4v) is 4.75. The van der Waals surface area contributed by atoms with Crippen LogP contribution in [0.15, 0.2) is 40.9 Å². The Labute approximate surface area is 196 Å². The number of amides is 1. The number of thiazole rings is 1. The molecule has 0 unspecified atom stereocenters. The molecule has 0 fully saturated rings. The van der Waals surface area contributed by atoms with Gasteiger partial charge in [0, 0.05) is 17.6 Å². The van der Waals surface area contributed by atoms with Gasteiger partial charge < -0.3 is 9.64 Å². The van der Waals surface area contributed by atoms with E-state index in [4.69, 9.17) is 9.72 Å². The van der Waals surface area contributed by atoms with Crippen molar-refractivity contribution in [1.82, 2.24) is 9.88 Å². The van der Waals surface area contributed by atoms with Gasteiger partial charge in [-0.25, -0.2) is 4.98 Å². The predicted molar refractivity (Wildman–Crippen MR) is 132 cm³/mol. The standard InChI is InChI=1S/C22H26BrN3O2S.ClH/c1-5-25(6-2)13-14-26(21(27)16-9-7-8-10-17(16)23)22-24-19-18(28-4)12-11-15(3)20(19)29-22;/h7-12H,5-6,13-14H2,1-4H3;1H. The summed E-state index contributed by atoms with van der Waals surface area (Å²) in [6, 6.07) is 11.5. The molecule has 0 aliphatic carbocycles. The molecule has 0 saturated carbocycles. The Hall–Kier alpha value is -1.67. The maximum atomic E-state index is 13.5. The molecule has 1 amide bonds. The fraction of sp³-hybridized carbons (Fsp3) is 0.364. The highest BCUT2D eigenvalue weighted by molar-refractivity contribution is 9.10. The first-order valence-electron chi connectivity index (χ1n) is 9.73. The molecule has 0 aliphatic rings. The molecule has 0 N–H and O–H groups in total. The van der Waals surface area contributed by atoms with Gasteiger partial charge in [0.25, 0.3) is 5.91 Å². The normalized spacial score (nSPS) is 10.9. The van der Waals surface area contributed by atoms with Gasteiger partial charge >= 0.3 is 0 Å². The zero-order valence-electron chi connectivity index (χ0n) is 17.6. The molecule has 3 aromatic rings. The van der Waals surface area contributed by atoms with Crippen molar-refractivity contribution in [3.63, 3.8) is 0 Å². The number of carbonyl (C=O) groups is 1. The molecule has 30 heavy (non-hydrogen) atoms. The van der Waals surface area contributed by atoms with Gasteiger partial charge in [-0.1, -0.05) is 43.4 Å². The highest BCUT2D eigenvalue weighted by atomic mass is 79.9. The quantitative estimate of drug-likeness (QED) is 0.383. The zero-order valence-corrected chi connectivity index (χ0v) is 20.9. The van der Waals surface area contributed by atoms with Crippen molar-refractivity contribution in [2.24, 2.45) is 0 Å². The Morgan fingerprint density at radius 3 is 2.47 bits per heavy atom. The lowest BCUT2D eigenvalue weighted by atomic mass is 10.2. The first-order valence-corrected chi connectivity index (χ1v) is 11.3. The van der Waals surface area contributed by atoms with Gasteiger partial charge in [0.1, 0.15) is 11.3 Å². The summed E-state index contributed by atoms with van der Waals surface area (Å²) in [6.07, 6.45) is 0. The number of hydrogen-bond donors (Lipinski definition) is 0. The number of likely N-dealkylation sites (N-methyl/N-ethyl adjacent to an activating group) is 1. The first kappa shape index (κ1) is 24.6. The maximum Gasteiger partial charge on any atom is 0.261 e. The smallest absolute Gasteiger partial charge is 0.261 e. The van der Waals surface area contributed by atoms with Crippen LogP contribution in [0.3, 0.4) is 0 Å². The van der Waals surface area contributed by atoms with Crippen LogP contribution < -0.4 is 9.64 Å². The lowest BCUT2D eigenvalue weighted by Crippen LogP contribution is -2.39. The van der Waals surface area contributed by atoms with Crippen LogP contribution in [0.25, 0.3) is 10.2 Å². The number of aromatic nitrogens is 1. The van der Waals surface area contributed by atoms with E-state index < -0.39 is 0 Å². The molecule has 0 radical (unpaired) electrons. The molecule has 5 nitrogen and oxygen atoms in total. The number of ether oxygens (including phenoxy) is 1. The number of halogens is 2. The van der Waals surface area contributed by atoms with Gasteiger partial charge in [-0.15, -0.1) is 12.4 Å². The Balaban J connectivity index is 0.00000320. The SMILES string of the molecule is CCN(CC)CCN(C(=O)c1ccccc1Br)c1nc2c(OC)ccc(C)c2s1.Cl. The number of rotatable bonds is 8. The molecule has 8 heteroatoms. The molecular formula is C22H27BrClN3O2S. The van der Waals surface area contributed by atoms with Gasteiger partial charge in [-0.3, -0.25) is 9.69 Å². The number of anilines is 1. The molecule has 3 rings (SSSR count). The second-order valence-corrected chi connectivity index (χ2v) is 8.55. The van der Waals surface area contributed by atoms with Crippen LogP contribution >= 0.6 is 39.7 Å². The molecule has 162 valence electrons. The Bertz CT molecular complexity index is 1010. The number of hydrogen-bond acceptors (Lipinski definition) is 5. The number of methoxy groups -OCH3 is 1. The van der Waals surface area contributed by atoms with E-state index in [-0.39, 0.29) is 18.3 Å². The van der Waals surface area contributed by atoms with Crippen molar-refractivity contribution in [3.8, 4) is 5.75 Å². The minimum atomic E-state index is -0.0553. The second-order valence-electron chi connectivity index (χ2n) is 6.72. The summed E-state index contributed by atoms with van der Waals surface area (Å²) in [7, 11) is 1.65. The topological polar surface area (TPSA) is 45.7 Å². The van der Waals surface area contributed by atoms with Gasteiger partial charge in [-0.2, -0.15) is 0 Å². The Morgan fingerprint density at radius 2 is 1.83 bits per heavy atom. The van der Waals surface area contributed by atoms with E-state index in [1.807, 2.05) is 36.4 Å². The average molecular weight is 513 g/mol. The summed E-state index contributed by atoms with van der Waals surface area (Å²) in [5.74, 6) is 0.672. The first-order chi connectivity index (χ1) is 14.0. The van der Waals surface area contributed by atoms with Crippen LogP contribution in [0.4, 0.5) is 5.13 Å². The summed E-state index contributed by atoms with van der Waals surface area (Å²) in [5, 5.41) is 0.695. The highest BCUT2D eigenvalue weighted by Crippen LogP contribution is 2.37. The van der Waals surface area contributed by atoms with E-state index in [2.05, 4.69) is 41.6 Å². The van der Waals surface area contributed by atoms with Crippen molar-refractivity contribution < 1.29 is 9.53 Å². The van der Waals surface area contributed by atoms with Crippen LogP contribution in [0.2, 0.25) is 0 Å². The van der Waals surface area contributed by atoms with Crippen LogP contribution in [0.5, 0.6) is 5.75 Å². The van der Waals surface area contributed by atoms with Crippen LogP contribution in [0.1, 0.15) is 29.8 Å². The van der Waals surface area contributed by atoms with E-state index in [1.165, 1.54) is 11.3 Å². The third-order valence-electron chi connectivity index (χ3n) is 5.03. The lowest BCUT2D eigenvalue weighted by Gasteiger charge is -2.25. The van der Waals surface area contributed by atoms with E-state index in [1.54, 1.807) is 12.0 Å². The van der Waals surface area contributed by atoms with Crippen LogP contribution in [-0.4, -0.2) is 49.1 Å². The van der Waals surface area contributed by atoms with Gasteiger partial charge in [0.15, 0.2) is 5.13 Å². The summed E-state index contributed by atoms with van der Waals surface area (Å²) < 4.78 is 7.33. The molecule has 2 aromatic carbocycles. The van der Waals surface area contributed by atoms with E-state index in [0.717, 1.165) is 45.6 Å². The molecule has 0 spiro atoms. The van der Waals surface area contributed by atoms with Crippen molar-refractivity contribution in [2.45, 2.75) is 20.8 Å². The minimum Gasteiger partial charge on any atom is -0.494 e. The predicted octanol–water partition coefficient (Wildman–Crippen LogP) is 5.79. The van der Waals surface area contributed by atoms with Gasteiger partial charge in [0.2, 0.25) is 0 Å². The monoisotopic (exact) mass is 511 g/mol. The largest absolute Gasteiger partial charge is 0.494 e. The molecule has 0 atom stereocenters. The molecule has 1 aromatic heterocycles. The molecule has 0 saturated heterocycles. The van der Waals surface area contributed by atoms with Gasteiger partial charge in [-0.05, 0) is 59.7 Å². The van der Waals surface area contributed by atoms with Crippen molar-refractivity contribution in [2.75, 3.05) is 38.2 Å². The highest BCUT2D eigenvalue weighted by Gasteiger charge is 2.24. The van der Waals surface area contributed by atoms with Crippen molar-refractivity contribution in [1.29, 1.82) is 0 Å². The molecule has 0 bridgehead atoms. The van der Waals surface area contributed by atoms with Crippen LogP contribution in [0, 0.1) is 6.92 Å². The minimum absolute atomic E-state index is 0. The van der Waals surface area contributed by atoms with Crippen LogP contribution in [-0.2, 0) is 0 Å². The number of aryl methyl sites for hydroxylation is 1. The van der Waals surface area contributed by atoms with E-state index in [9.17, 15) is 4.79 Å². The third kappa shape index (κ3) is 5.14. The summed E-state index contributed by atoms with van der Waals surface area (Å²) in [6.45, 7) is 9.57. The second kappa shape index (κ2) is 11.1. The number of benzene rings is 2. The molecule has 0 aliphatic heterocycles. The maximum absolute atomic E-state index is 13.5. The number of nitrogens with zero attached hydrogens (tertiary/aromatic N) is 3. The third-order valence-corrected chi connectivity index (χ3v) is 6.93. The summed E-state index contributed by atoms with van der Waals surface area (Å²) in [5.41, 5.74) is 2.57. The Morgan fingerprint density at radius 1 is 1.13 bits per heavy atom. The lowest BCUT2D eigenvalue weighted by molar-refractivity contribution is 0.0983. The zero-order chi connectivity index (χ0) is 21.0. The Kier molecular flexibility index (Phi) is 9.09. The van der Waals surface area contributed by atoms with Crippen molar-refractivity contribution in [3.05, 3.63) is 52.0 Å². The number of carbonyl (C=O) groups excluding carboxylic acids is 1. The average Bonchev–Trinajstić information content (AvgIpc) is 3.17. The molecule has 1 heterocycles. The van der Waals surface area contributed by atoms with E-state index in [0.29, 0.717) is 17.2 Å². The summed E-state index contributed by atoms with van der Waals surface area (Å²) >= 11 is 5.06. The fourth-order valence-electron chi connectivity index (χ4n) is 3.22.